The highest BCUT2D eigenvalue weighted by atomic mass is 16.5. The summed E-state index contributed by atoms with van der Waals surface area (Å²) < 4.78 is 16.0. The zero-order valence-electron chi connectivity index (χ0n) is 12.2. The number of ether oxygens (including phenoxy) is 3. The molecule has 0 amide bonds. The Morgan fingerprint density at radius 3 is 1.89 bits per heavy atom. The van der Waals surface area contributed by atoms with Crippen LogP contribution in [0.1, 0.15) is 25.5 Å². The SMILES string of the molecule is COc1cc(OC)c(C(CO)NC(C)C)c(OC)c1. The Balaban J connectivity index is 3.28. The lowest BCUT2D eigenvalue weighted by atomic mass is 10.0. The lowest BCUT2D eigenvalue weighted by molar-refractivity contribution is 0.229. The molecule has 0 bridgehead atoms. The second-order valence-corrected chi connectivity index (χ2v) is 4.50. The van der Waals surface area contributed by atoms with Crippen molar-refractivity contribution in [1.82, 2.24) is 5.32 Å². The van der Waals surface area contributed by atoms with Crippen molar-refractivity contribution in [3.63, 3.8) is 0 Å². The van der Waals surface area contributed by atoms with E-state index in [0.717, 1.165) is 5.56 Å². The van der Waals surface area contributed by atoms with Gasteiger partial charge in [-0.1, -0.05) is 13.8 Å². The molecule has 1 aromatic carbocycles. The summed E-state index contributed by atoms with van der Waals surface area (Å²) in [5.41, 5.74) is 0.794. The number of hydrogen-bond acceptors (Lipinski definition) is 5. The smallest absolute Gasteiger partial charge is 0.131 e. The fourth-order valence-corrected chi connectivity index (χ4v) is 2.01. The maximum Gasteiger partial charge on any atom is 0.131 e. The van der Waals surface area contributed by atoms with Gasteiger partial charge >= 0.3 is 0 Å². The summed E-state index contributed by atoms with van der Waals surface area (Å²) in [6, 6.07) is 3.54. The van der Waals surface area contributed by atoms with Crippen molar-refractivity contribution >= 4 is 0 Å². The predicted molar refractivity (Wildman–Crippen MR) is 74.2 cm³/mol. The molecule has 19 heavy (non-hydrogen) atoms. The highest BCUT2D eigenvalue weighted by Gasteiger charge is 2.22. The van der Waals surface area contributed by atoms with Crippen molar-refractivity contribution in [3.05, 3.63) is 17.7 Å². The molecule has 108 valence electrons. The van der Waals surface area contributed by atoms with Crippen LogP contribution >= 0.6 is 0 Å². The Kier molecular flexibility index (Phi) is 5.92. The molecule has 2 N–H and O–H groups in total. The molecule has 0 saturated carbocycles. The molecule has 5 heteroatoms. The number of rotatable bonds is 7. The van der Waals surface area contributed by atoms with E-state index in [-0.39, 0.29) is 18.7 Å². The average molecular weight is 269 g/mol. The van der Waals surface area contributed by atoms with Gasteiger partial charge in [-0.2, -0.15) is 0 Å². The number of aliphatic hydroxyl groups is 1. The molecule has 0 aliphatic carbocycles. The Bertz CT molecular complexity index is 381. The minimum Gasteiger partial charge on any atom is -0.496 e. The summed E-state index contributed by atoms with van der Waals surface area (Å²) in [4.78, 5) is 0. The summed E-state index contributed by atoms with van der Waals surface area (Å²) >= 11 is 0. The molecule has 0 radical (unpaired) electrons. The normalized spacial score (nSPS) is 12.4. The van der Waals surface area contributed by atoms with Gasteiger partial charge in [-0.3, -0.25) is 0 Å². The molecule has 5 nitrogen and oxygen atoms in total. The zero-order valence-corrected chi connectivity index (χ0v) is 12.2. The Morgan fingerprint density at radius 1 is 1.05 bits per heavy atom. The number of methoxy groups -OCH3 is 3. The van der Waals surface area contributed by atoms with E-state index in [9.17, 15) is 5.11 Å². The molecule has 0 aliphatic heterocycles. The second kappa shape index (κ2) is 7.21. The van der Waals surface area contributed by atoms with Crippen LogP contribution in [0.5, 0.6) is 17.2 Å². The summed E-state index contributed by atoms with van der Waals surface area (Å²) in [5.74, 6) is 1.91. The molecule has 0 aliphatic rings. The Hall–Kier alpha value is -1.46. The van der Waals surface area contributed by atoms with Gasteiger partial charge in [-0.05, 0) is 0 Å². The first-order chi connectivity index (χ1) is 9.07. The minimum atomic E-state index is -0.254. The molecule has 0 spiro atoms. The van der Waals surface area contributed by atoms with Gasteiger partial charge in [0.25, 0.3) is 0 Å². The molecular formula is C14H23NO4. The average Bonchev–Trinajstić information content (AvgIpc) is 2.42. The van der Waals surface area contributed by atoms with Crippen LogP contribution in [0.15, 0.2) is 12.1 Å². The van der Waals surface area contributed by atoms with Gasteiger partial charge in [0.15, 0.2) is 0 Å². The van der Waals surface area contributed by atoms with Crippen molar-refractivity contribution in [3.8, 4) is 17.2 Å². The predicted octanol–water partition coefficient (Wildman–Crippen LogP) is 1.74. The van der Waals surface area contributed by atoms with Crippen LogP contribution in [-0.4, -0.2) is 39.1 Å². The Morgan fingerprint density at radius 2 is 1.58 bits per heavy atom. The quantitative estimate of drug-likeness (QED) is 0.789. The lowest BCUT2D eigenvalue weighted by Crippen LogP contribution is -2.31. The maximum absolute atomic E-state index is 9.59. The van der Waals surface area contributed by atoms with E-state index >= 15 is 0 Å². The van der Waals surface area contributed by atoms with Crippen LogP contribution in [-0.2, 0) is 0 Å². The third-order valence-electron chi connectivity index (χ3n) is 2.82. The molecule has 1 aromatic rings. The molecule has 1 rings (SSSR count). The van der Waals surface area contributed by atoms with Crippen LogP contribution < -0.4 is 19.5 Å². The first-order valence-electron chi connectivity index (χ1n) is 6.24. The van der Waals surface area contributed by atoms with Crippen molar-refractivity contribution in [1.29, 1.82) is 0 Å². The molecule has 1 unspecified atom stereocenters. The van der Waals surface area contributed by atoms with E-state index < -0.39 is 0 Å². The maximum atomic E-state index is 9.59. The molecule has 0 fully saturated rings. The zero-order chi connectivity index (χ0) is 14.4. The van der Waals surface area contributed by atoms with Gasteiger partial charge in [0.2, 0.25) is 0 Å². The fraction of sp³-hybridized carbons (Fsp3) is 0.571. The van der Waals surface area contributed by atoms with Crippen LogP contribution in [0.3, 0.4) is 0 Å². The number of hydrogen-bond donors (Lipinski definition) is 2. The van der Waals surface area contributed by atoms with E-state index in [1.807, 2.05) is 13.8 Å². The van der Waals surface area contributed by atoms with Crippen molar-refractivity contribution < 1.29 is 19.3 Å². The summed E-state index contributed by atoms with van der Waals surface area (Å²) in [6.07, 6.45) is 0. The van der Waals surface area contributed by atoms with Crippen LogP contribution in [0.25, 0.3) is 0 Å². The number of nitrogens with one attached hydrogen (secondary N) is 1. The summed E-state index contributed by atoms with van der Waals surface area (Å²) in [7, 11) is 4.76. The molecule has 0 aromatic heterocycles. The number of benzene rings is 1. The van der Waals surface area contributed by atoms with Gasteiger partial charge < -0.3 is 24.6 Å². The largest absolute Gasteiger partial charge is 0.496 e. The van der Waals surface area contributed by atoms with Crippen molar-refractivity contribution in [2.75, 3.05) is 27.9 Å². The lowest BCUT2D eigenvalue weighted by Gasteiger charge is -2.24. The van der Waals surface area contributed by atoms with E-state index in [1.54, 1.807) is 33.5 Å². The summed E-state index contributed by atoms with van der Waals surface area (Å²) in [5, 5.41) is 12.9. The second-order valence-electron chi connectivity index (χ2n) is 4.50. The van der Waals surface area contributed by atoms with Gasteiger partial charge in [-0.25, -0.2) is 0 Å². The number of aliphatic hydroxyl groups excluding tert-OH is 1. The van der Waals surface area contributed by atoms with E-state index in [2.05, 4.69) is 5.32 Å². The molecule has 1 atom stereocenters. The first-order valence-corrected chi connectivity index (χ1v) is 6.24. The van der Waals surface area contributed by atoms with Crippen LogP contribution in [0, 0.1) is 0 Å². The third-order valence-corrected chi connectivity index (χ3v) is 2.82. The highest BCUT2D eigenvalue weighted by Crippen LogP contribution is 2.38. The molecule has 0 saturated heterocycles. The molecular weight excluding hydrogens is 246 g/mol. The van der Waals surface area contributed by atoms with Crippen molar-refractivity contribution in [2.45, 2.75) is 25.9 Å². The minimum absolute atomic E-state index is 0.0444. The summed E-state index contributed by atoms with van der Waals surface area (Å²) in [6.45, 7) is 3.99. The Labute approximate surface area is 114 Å². The topological polar surface area (TPSA) is 60.0 Å². The monoisotopic (exact) mass is 269 g/mol. The van der Waals surface area contributed by atoms with Gasteiger partial charge in [0.1, 0.15) is 17.2 Å². The van der Waals surface area contributed by atoms with E-state index in [1.165, 1.54) is 0 Å². The van der Waals surface area contributed by atoms with E-state index in [4.69, 9.17) is 14.2 Å². The van der Waals surface area contributed by atoms with E-state index in [0.29, 0.717) is 17.2 Å². The molecule has 0 heterocycles. The highest BCUT2D eigenvalue weighted by molar-refractivity contribution is 5.52. The van der Waals surface area contributed by atoms with Gasteiger partial charge in [0.05, 0.1) is 39.5 Å². The standard InChI is InChI=1S/C14H23NO4/c1-9(2)15-11(8-16)14-12(18-4)6-10(17-3)7-13(14)19-5/h6-7,9,11,15-16H,8H2,1-5H3. The van der Waals surface area contributed by atoms with Gasteiger partial charge in [-0.15, -0.1) is 0 Å². The van der Waals surface area contributed by atoms with Crippen LogP contribution in [0.4, 0.5) is 0 Å². The van der Waals surface area contributed by atoms with Gasteiger partial charge in [0, 0.05) is 18.2 Å². The van der Waals surface area contributed by atoms with Crippen LogP contribution in [0.2, 0.25) is 0 Å². The van der Waals surface area contributed by atoms with Crippen molar-refractivity contribution in [2.24, 2.45) is 0 Å². The fourth-order valence-electron chi connectivity index (χ4n) is 2.01. The first kappa shape index (κ1) is 15.6. The third kappa shape index (κ3) is 3.75.